The summed E-state index contributed by atoms with van der Waals surface area (Å²) >= 11 is 7.67. The number of guanidine groups is 1. The van der Waals surface area contributed by atoms with Gasteiger partial charge in [0.15, 0.2) is 5.96 Å². The molecule has 2 rings (SSSR count). The van der Waals surface area contributed by atoms with Crippen LogP contribution in [0.5, 0.6) is 0 Å². The molecule has 1 aliphatic rings. The summed E-state index contributed by atoms with van der Waals surface area (Å²) in [5, 5.41) is 7.46. The lowest BCUT2D eigenvalue weighted by atomic mass is 10.4. The second kappa shape index (κ2) is 9.73. The van der Waals surface area contributed by atoms with E-state index in [1.807, 2.05) is 43.1 Å². The zero-order valence-corrected chi connectivity index (χ0v) is 15.5. The summed E-state index contributed by atoms with van der Waals surface area (Å²) in [6, 6.07) is 7.95. The van der Waals surface area contributed by atoms with Crippen LogP contribution in [0.3, 0.4) is 0 Å². The van der Waals surface area contributed by atoms with Gasteiger partial charge in [-0.25, -0.2) is 0 Å². The van der Waals surface area contributed by atoms with Gasteiger partial charge in [-0.1, -0.05) is 11.6 Å². The van der Waals surface area contributed by atoms with E-state index in [2.05, 4.69) is 15.6 Å². The maximum atomic E-state index is 5.85. The molecule has 0 atom stereocenters. The molecule has 0 spiro atoms. The van der Waals surface area contributed by atoms with E-state index in [0.29, 0.717) is 0 Å². The smallest absolute Gasteiger partial charge is 0.191 e. The van der Waals surface area contributed by atoms with Crippen molar-refractivity contribution in [3.05, 3.63) is 29.3 Å². The van der Waals surface area contributed by atoms with Crippen molar-refractivity contribution in [3.63, 3.8) is 0 Å². The van der Waals surface area contributed by atoms with E-state index in [9.17, 15) is 0 Å². The number of rotatable bonds is 6. The molecule has 6 heteroatoms. The first-order valence-electron chi connectivity index (χ1n) is 6.61. The first-order chi connectivity index (χ1) is 9.28. The highest BCUT2D eigenvalue weighted by Crippen LogP contribution is 2.27. The van der Waals surface area contributed by atoms with Crippen LogP contribution >= 0.6 is 47.3 Å². The zero-order valence-electron chi connectivity index (χ0n) is 11.6. The normalized spacial score (nSPS) is 14.6. The third-order valence-electron chi connectivity index (χ3n) is 2.96. The number of hydrogen-bond donors (Lipinski definition) is 2. The molecule has 3 nitrogen and oxygen atoms in total. The Balaban J connectivity index is 0.00000200. The van der Waals surface area contributed by atoms with Crippen molar-refractivity contribution in [1.82, 2.24) is 10.6 Å². The number of aliphatic imine (C=N–C) groups is 1. The Morgan fingerprint density at radius 2 is 2.00 bits per heavy atom. The predicted molar refractivity (Wildman–Crippen MR) is 99.7 cm³/mol. The second-order valence-electron chi connectivity index (χ2n) is 4.63. The molecular weight excluding hydrogens is 405 g/mol. The van der Waals surface area contributed by atoms with E-state index in [-0.39, 0.29) is 24.0 Å². The summed E-state index contributed by atoms with van der Waals surface area (Å²) in [7, 11) is 1.81. The first-order valence-corrected chi connectivity index (χ1v) is 7.97. The lowest BCUT2D eigenvalue weighted by Gasteiger charge is -2.11. The van der Waals surface area contributed by atoms with Crippen LogP contribution in [-0.4, -0.2) is 31.8 Å². The van der Waals surface area contributed by atoms with E-state index < -0.39 is 0 Å². The molecule has 1 aromatic rings. The van der Waals surface area contributed by atoms with Crippen molar-refractivity contribution in [2.75, 3.05) is 25.9 Å². The van der Waals surface area contributed by atoms with Crippen LogP contribution in [0.4, 0.5) is 0 Å². The summed E-state index contributed by atoms with van der Waals surface area (Å²) in [6.45, 7) is 1.95. The average Bonchev–Trinajstić information content (AvgIpc) is 3.24. The predicted octanol–water partition coefficient (Wildman–Crippen LogP) is 3.63. The number of benzene rings is 1. The Labute approximate surface area is 147 Å². The lowest BCUT2D eigenvalue weighted by Crippen LogP contribution is -2.39. The molecule has 0 aromatic heterocycles. The Hall–Kier alpha value is -0.140. The van der Waals surface area contributed by atoms with Gasteiger partial charge in [-0.05, 0) is 43.0 Å². The van der Waals surface area contributed by atoms with Crippen LogP contribution in [0.2, 0.25) is 5.02 Å². The third-order valence-corrected chi connectivity index (χ3v) is 4.22. The van der Waals surface area contributed by atoms with Crippen molar-refractivity contribution in [1.29, 1.82) is 0 Å². The number of halogens is 2. The monoisotopic (exact) mass is 425 g/mol. The third kappa shape index (κ3) is 7.04. The molecule has 20 heavy (non-hydrogen) atoms. The SMILES string of the molecule is CN=C(NCCSc1ccc(Cl)cc1)NCC1CC1.I. The molecule has 0 aliphatic heterocycles. The van der Waals surface area contributed by atoms with Crippen LogP contribution in [0.25, 0.3) is 0 Å². The summed E-state index contributed by atoms with van der Waals surface area (Å²) < 4.78 is 0. The minimum Gasteiger partial charge on any atom is -0.356 e. The lowest BCUT2D eigenvalue weighted by molar-refractivity contribution is 0.745. The molecule has 1 fully saturated rings. The summed E-state index contributed by atoms with van der Waals surface area (Å²) in [4.78, 5) is 5.45. The van der Waals surface area contributed by atoms with Gasteiger partial charge in [0.05, 0.1) is 0 Å². The van der Waals surface area contributed by atoms with Crippen molar-refractivity contribution >= 4 is 53.3 Å². The number of nitrogens with zero attached hydrogens (tertiary/aromatic N) is 1. The minimum absolute atomic E-state index is 0. The largest absolute Gasteiger partial charge is 0.356 e. The molecule has 1 aromatic carbocycles. The second-order valence-corrected chi connectivity index (χ2v) is 6.23. The van der Waals surface area contributed by atoms with Gasteiger partial charge in [-0.15, -0.1) is 35.7 Å². The maximum absolute atomic E-state index is 5.85. The summed E-state index contributed by atoms with van der Waals surface area (Å²) in [5.74, 6) is 2.77. The standard InChI is InChI=1S/C14H20ClN3S.HI/c1-16-14(18-10-11-2-3-11)17-8-9-19-13-6-4-12(15)5-7-13;/h4-7,11H,2-3,8-10H2,1H3,(H2,16,17,18);1H. The molecule has 0 heterocycles. The fourth-order valence-corrected chi connectivity index (χ4v) is 2.55. The van der Waals surface area contributed by atoms with Gasteiger partial charge in [-0.2, -0.15) is 0 Å². The quantitative estimate of drug-likeness (QED) is 0.240. The fraction of sp³-hybridized carbons (Fsp3) is 0.500. The Bertz CT molecular complexity index is 421. The molecule has 1 saturated carbocycles. The summed E-state index contributed by atoms with van der Waals surface area (Å²) in [6.07, 6.45) is 2.72. The van der Waals surface area contributed by atoms with Gasteiger partial charge in [0, 0.05) is 35.8 Å². The topological polar surface area (TPSA) is 36.4 Å². The van der Waals surface area contributed by atoms with Crippen LogP contribution in [0.15, 0.2) is 34.2 Å². The highest BCUT2D eigenvalue weighted by Gasteiger charge is 2.20. The minimum atomic E-state index is 0. The van der Waals surface area contributed by atoms with Gasteiger partial charge < -0.3 is 10.6 Å². The van der Waals surface area contributed by atoms with Crippen molar-refractivity contribution in [2.45, 2.75) is 17.7 Å². The Morgan fingerprint density at radius 3 is 2.60 bits per heavy atom. The van der Waals surface area contributed by atoms with Crippen molar-refractivity contribution < 1.29 is 0 Å². The van der Waals surface area contributed by atoms with Crippen LogP contribution < -0.4 is 10.6 Å². The molecule has 0 unspecified atom stereocenters. The van der Waals surface area contributed by atoms with E-state index in [1.165, 1.54) is 17.7 Å². The number of thioether (sulfide) groups is 1. The van der Waals surface area contributed by atoms with Gasteiger partial charge in [0.2, 0.25) is 0 Å². The summed E-state index contributed by atoms with van der Waals surface area (Å²) in [5.41, 5.74) is 0. The van der Waals surface area contributed by atoms with E-state index in [1.54, 1.807) is 0 Å². The van der Waals surface area contributed by atoms with E-state index >= 15 is 0 Å². The molecular formula is C14H21ClIN3S. The number of nitrogens with one attached hydrogen (secondary N) is 2. The average molecular weight is 426 g/mol. The highest BCUT2D eigenvalue weighted by molar-refractivity contribution is 14.0. The highest BCUT2D eigenvalue weighted by atomic mass is 127. The molecule has 0 radical (unpaired) electrons. The molecule has 1 aliphatic carbocycles. The number of hydrogen-bond acceptors (Lipinski definition) is 2. The van der Waals surface area contributed by atoms with Gasteiger partial charge in [0.25, 0.3) is 0 Å². The fourth-order valence-electron chi connectivity index (χ4n) is 1.65. The molecule has 2 N–H and O–H groups in total. The van der Waals surface area contributed by atoms with Crippen molar-refractivity contribution in [2.24, 2.45) is 10.9 Å². The van der Waals surface area contributed by atoms with Crippen LogP contribution in [0.1, 0.15) is 12.8 Å². The van der Waals surface area contributed by atoms with Gasteiger partial charge >= 0.3 is 0 Å². The zero-order chi connectivity index (χ0) is 13.5. The van der Waals surface area contributed by atoms with Crippen LogP contribution in [0, 0.1) is 5.92 Å². The molecule has 0 bridgehead atoms. The van der Waals surface area contributed by atoms with E-state index in [0.717, 1.165) is 35.7 Å². The van der Waals surface area contributed by atoms with E-state index in [4.69, 9.17) is 11.6 Å². The molecule has 0 saturated heterocycles. The van der Waals surface area contributed by atoms with Gasteiger partial charge in [-0.3, -0.25) is 4.99 Å². The Kier molecular flexibility index (Phi) is 8.72. The maximum Gasteiger partial charge on any atom is 0.191 e. The van der Waals surface area contributed by atoms with Gasteiger partial charge in [0.1, 0.15) is 0 Å². The Morgan fingerprint density at radius 1 is 1.30 bits per heavy atom. The molecule has 0 amide bonds. The van der Waals surface area contributed by atoms with Crippen molar-refractivity contribution in [3.8, 4) is 0 Å². The molecule has 112 valence electrons. The first kappa shape index (κ1) is 17.9. The van der Waals surface area contributed by atoms with Crippen LogP contribution in [-0.2, 0) is 0 Å².